The lowest BCUT2D eigenvalue weighted by Gasteiger charge is -2.20. The van der Waals surface area contributed by atoms with Gasteiger partial charge in [-0.1, -0.05) is 94.4 Å². The molecule has 4 atom stereocenters. The zero-order valence-electron chi connectivity index (χ0n) is 20.1. The zero-order valence-corrected chi connectivity index (χ0v) is 20.1. The van der Waals surface area contributed by atoms with Gasteiger partial charge in [-0.05, 0) is 35.1 Å². The maximum Gasteiger partial charge on any atom is 0.236 e. The highest BCUT2D eigenvalue weighted by atomic mass is 16.5. The van der Waals surface area contributed by atoms with E-state index in [2.05, 4.69) is 52.0 Å². The molecule has 34 heavy (non-hydrogen) atoms. The minimum atomic E-state index is -0.116. The van der Waals surface area contributed by atoms with Crippen molar-refractivity contribution in [2.24, 2.45) is 21.8 Å². The van der Waals surface area contributed by atoms with Crippen LogP contribution in [0.15, 0.2) is 88.8 Å². The van der Waals surface area contributed by atoms with Gasteiger partial charge < -0.3 is 9.47 Å². The van der Waals surface area contributed by atoms with Crippen LogP contribution in [0.5, 0.6) is 0 Å². The molecule has 0 saturated heterocycles. The van der Waals surface area contributed by atoms with E-state index in [1.165, 1.54) is 0 Å². The lowest BCUT2D eigenvalue weighted by molar-refractivity contribution is 0.174. The first kappa shape index (κ1) is 22.3. The molecule has 0 amide bonds. The van der Waals surface area contributed by atoms with Crippen molar-refractivity contribution in [3.63, 3.8) is 0 Å². The quantitative estimate of drug-likeness (QED) is 0.449. The largest absolute Gasteiger partial charge is 0.466 e. The van der Waals surface area contributed by atoms with Gasteiger partial charge in [-0.25, -0.2) is 15.0 Å². The first-order valence-corrected chi connectivity index (χ1v) is 12.1. The predicted octanol–water partition coefficient (Wildman–Crippen LogP) is 6.17. The molecule has 174 valence electrons. The SMILES string of the molecule is CC(C)[C@H]1N=C(c2cccc(C3=N[C@H](C(C)C)[C@@H](c4ccccc4)O3)n2)O[C@@H]1c1ccccc1. The third kappa shape index (κ3) is 4.35. The van der Waals surface area contributed by atoms with Crippen molar-refractivity contribution in [3.05, 3.63) is 101 Å². The molecule has 5 nitrogen and oxygen atoms in total. The number of benzene rings is 2. The molecule has 5 heteroatoms. The Labute approximate surface area is 201 Å². The summed E-state index contributed by atoms with van der Waals surface area (Å²) >= 11 is 0. The second kappa shape index (κ2) is 9.41. The molecule has 0 bridgehead atoms. The van der Waals surface area contributed by atoms with Crippen LogP contribution in [0, 0.1) is 11.8 Å². The first-order valence-electron chi connectivity index (χ1n) is 12.1. The lowest BCUT2D eigenvalue weighted by atomic mass is 9.94. The molecule has 0 saturated carbocycles. The van der Waals surface area contributed by atoms with Crippen LogP contribution in [0.1, 0.15) is 62.4 Å². The smallest absolute Gasteiger partial charge is 0.236 e. The summed E-state index contributed by atoms with van der Waals surface area (Å²) in [7, 11) is 0. The Morgan fingerprint density at radius 2 is 0.971 bits per heavy atom. The van der Waals surface area contributed by atoms with E-state index in [0.717, 1.165) is 11.1 Å². The molecule has 0 spiro atoms. The van der Waals surface area contributed by atoms with E-state index in [1.807, 2.05) is 54.6 Å². The number of hydrogen-bond donors (Lipinski definition) is 0. The molecular weight excluding hydrogens is 422 g/mol. The number of hydrogen-bond acceptors (Lipinski definition) is 5. The summed E-state index contributed by atoms with van der Waals surface area (Å²) < 4.78 is 12.8. The molecule has 0 fully saturated rings. The van der Waals surface area contributed by atoms with Crippen molar-refractivity contribution in [1.29, 1.82) is 0 Å². The second-order valence-corrected chi connectivity index (χ2v) is 9.64. The Kier molecular flexibility index (Phi) is 6.18. The number of aromatic nitrogens is 1. The summed E-state index contributed by atoms with van der Waals surface area (Å²) in [4.78, 5) is 14.7. The fraction of sp³-hybridized carbons (Fsp3) is 0.345. The third-order valence-electron chi connectivity index (χ3n) is 6.44. The molecule has 2 aliphatic rings. The van der Waals surface area contributed by atoms with E-state index in [1.54, 1.807) is 0 Å². The summed E-state index contributed by atoms with van der Waals surface area (Å²) in [6.07, 6.45) is -0.232. The van der Waals surface area contributed by atoms with Crippen LogP contribution < -0.4 is 0 Å². The highest BCUT2D eigenvalue weighted by molar-refractivity contribution is 5.97. The minimum Gasteiger partial charge on any atom is -0.466 e. The third-order valence-corrected chi connectivity index (χ3v) is 6.44. The van der Waals surface area contributed by atoms with Gasteiger partial charge in [-0.3, -0.25) is 0 Å². The molecule has 0 radical (unpaired) electrons. The first-order chi connectivity index (χ1) is 16.5. The summed E-state index contributed by atoms with van der Waals surface area (Å²) in [6.45, 7) is 8.71. The number of rotatable bonds is 6. The van der Waals surface area contributed by atoms with Crippen LogP contribution in [0.3, 0.4) is 0 Å². The number of pyridine rings is 1. The number of ether oxygens (including phenoxy) is 2. The maximum atomic E-state index is 6.38. The van der Waals surface area contributed by atoms with E-state index in [-0.39, 0.29) is 24.3 Å². The van der Waals surface area contributed by atoms with Crippen LogP contribution in [0.4, 0.5) is 0 Å². The Balaban J connectivity index is 1.43. The van der Waals surface area contributed by atoms with Gasteiger partial charge in [0.1, 0.15) is 23.6 Å². The normalized spacial score (nSPS) is 24.1. The molecule has 0 aliphatic carbocycles. The van der Waals surface area contributed by atoms with Gasteiger partial charge in [-0.2, -0.15) is 0 Å². The van der Waals surface area contributed by atoms with Crippen LogP contribution in [-0.2, 0) is 9.47 Å². The summed E-state index contributed by atoms with van der Waals surface area (Å²) in [6, 6.07) is 26.5. The predicted molar refractivity (Wildman–Crippen MR) is 135 cm³/mol. The minimum absolute atomic E-state index is 0.0377. The monoisotopic (exact) mass is 453 g/mol. The van der Waals surface area contributed by atoms with Gasteiger partial charge in [0.2, 0.25) is 11.8 Å². The molecule has 0 unspecified atom stereocenters. The molecule has 3 aromatic rings. The fourth-order valence-corrected chi connectivity index (χ4v) is 4.59. The highest BCUT2D eigenvalue weighted by Crippen LogP contribution is 2.36. The summed E-state index contributed by atoms with van der Waals surface area (Å²) in [5.41, 5.74) is 3.67. The van der Waals surface area contributed by atoms with Gasteiger partial charge >= 0.3 is 0 Å². The highest BCUT2D eigenvalue weighted by Gasteiger charge is 2.37. The van der Waals surface area contributed by atoms with Gasteiger partial charge in [0.15, 0.2) is 0 Å². The molecule has 5 rings (SSSR count). The van der Waals surface area contributed by atoms with Crippen molar-refractivity contribution in [3.8, 4) is 0 Å². The zero-order chi connectivity index (χ0) is 23.7. The van der Waals surface area contributed by atoms with E-state index in [9.17, 15) is 0 Å². The molecule has 3 heterocycles. The van der Waals surface area contributed by atoms with E-state index < -0.39 is 0 Å². The Hall–Kier alpha value is -3.47. The van der Waals surface area contributed by atoms with Crippen LogP contribution in [0.2, 0.25) is 0 Å². The standard InChI is InChI=1S/C29H31N3O2/c1-18(2)24-26(20-12-7-5-8-13-20)33-28(31-24)22-16-11-17-23(30-22)29-32-25(19(3)4)27(34-29)21-14-9-6-10-15-21/h5-19,24-27H,1-4H3/t24-,25-,26-,27-/m1/s1. The molecular formula is C29H31N3O2. The molecule has 2 aromatic carbocycles. The van der Waals surface area contributed by atoms with Gasteiger partial charge in [0.25, 0.3) is 0 Å². The van der Waals surface area contributed by atoms with Crippen molar-refractivity contribution in [1.82, 2.24) is 4.98 Å². The van der Waals surface area contributed by atoms with Crippen molar-refractivity contribution in [2.45, 2.75) is 52.0 Å². The Morgan fingerprint density at radius 3 is 1.35 bits per heavy atom. The van der Waals surface area contributed by atoms with E-state index >= 15 is 0 Å². The molecule has 0 N–H and O–H groups in total. The van der Waals surface area contributed by atoms with Crippen molar-refractivity contribution in [2.75, 3.05) is 0 Å². The maximum absolute atomic E-state index is 6.38. The summed E-state index contributed by atoms with van der Waals surface area (Å²) in [5.74, 6) is 1.83. The number of nitrogens with zero attached hydrogens (tertiary/aromatic N) is 3. The van der Waals surface area contributed by atoms with Crippen LogP contribution in [0.25, 0.3) is 0 Å². The number of aliphatic imine (C=N–C) groups is 2. The van der Waals surface area contributed by atoms with Crippen molar-refractivity contribution >= 4 is 11.8 Å². The lowest BCUT2D eigenvalue weighted by Crippen LogP contribution is -2.20. The van der Waals surface area contributed by atoms with E-state index in [0.29, 0.717) is 35.0 Å². The molecule has 2 aliphatic heterocycles. The average Bonchev–Trinajstić information content (AvgIpc) is 3.51. The average molecular weight is 454 g/mol. The van der Waals surface area contributed by atoms with E-state index in [4.69, 9.17) is 24.4 Å². The second-order valence-electron chi connectivity index (χ2n) is 9.64. The van der Waals surface area contributed by atoms with Gasteiger partial charge in [0, 0.05) is 0 Å². The van der Waals surface area contributed by atoms with Gasteiger partial charge in [0.05, 0.1) is 12.1 Å². The topological polar surface area (TPSA) is 56.1 Å². The van der Waals surface area contributed by atoms with Crippen molar-refractivity contribution < 1.29 is 9.47 Å². The van der Waals surface area contributed by atoms with Crippen LogP contribution >= 0.6 is 0 Å². The fourth-order valence-electron chi connectivity index (χ4n) is 4.59. The van der Waals surface area contributed by atoms with Crippen LogP contribution in [-0.4, -0.2) is 28.9 Å². The Morgan fingerprint density at radius 1 is 0.559 bits per heavy atom. The Bertz CT molecular complexity index is 1100. The molecule has 1 aromatic heterocycles. The van der Waals surface area contributed by atoms with Gasteiger partial charge in [-0.15, -0.1) is 0 Å². The summed E-state index contributed by atoms with van der Waals surface area (Å²) in [5, 5.41) is 0.